The third-order valence-corrected chi connectivity index (χ3v) is 5.60. The standard InChI is InChI=1S/C23H24O11/c1-2-31-22(30)21-19(28)18(27)20(29)23(34-21)32-10-7-13(25)17-14(26)9-15(33-16(17)8-10)11-5-3-4-6-12(11)24/h3-8,15,18-21,23-25,27-29H,2,9H2,1H3/t15-,18?,19?,20?,21?,23?/m0/s1. The number of Topliss-reactive ketones (excluding diaryl/α,β-unsaturated/α-hetero) is 1. The molecular weight excluding hydrogens is 452 g/mol. The van der Waals surface area contributed by atoms with E-state index in [4.69, 9.17) is 18.9 Å². The minimum absolute atomic E-state index is 0.00220. The van der Waals surface area contributed by atoms with Crippen LogP contribution >= 0.6 is 0 Å². The highest BCUT2D eigenvalue weighted by molar-refractivity contribution is 6.02. The van der Waals surface area contributed by atoms with E-state index in [1.165, 1.54) is 12.1 Å². The predicted molar refractivity (Wildman–Crippen MR) is 112 cm³/mol. The summed E-state index contributed by atoms with van der Waals surface area (Å²) in [4.78, 5) is 24.7. The highest BCUT2D eigenvalue weighted by Gasteiger charge is 2.48. The molecule has 0 bridgehead atoms. The van der Waals surface area contributed by atoms with Gasteiger partial charge in [0.1, 0.15) is 53.0 Å². The van der Waals surface area contributed by atoms with Gasteiger partial charge < -0.3 is 44.5 Å². The summed E-state index contributed by atoms with van der Waals surface area (Å²) in [5.41, 5.74) is 0.303. The molecule has 5 N–H and O–H groups in total. The van der Waals surface area contributed by atoms with Crippen molar-refractivity contribution in [3.63, 3.8) is 0 Å². The maximum Gasteiger partial charge on any atom is 0.338 e. The van der Waals surface area contributed by atoms with Crippen molar-refractivity contribution in [2.24, 2.45) is 0 Å². The molecule has 0 saturated carbocycles. The van der Waals surface area contributed by atoms with Crippen LogP contribution in [0, 0.1) is 0 Å². The van der Waals surface area contributed by atoms with E-state index in [0.29, 0.717) is 5.56 Å². The Hall–Kier alpha value is -3.38. The molecule has 182 valence electrons. The first-order chi connectivity index (χ1) is 16.2. The number of benzene rings is 2. The normalized spacial score (nSPS) is 28.5. The molecule has 6 atom stereocenters. The number of aliphatic hydroxyl groups is 3. The number of esters is 1. The lowest BCUT2D eigenvalue weighted by Gasteiger charge is -2.39. The molecule has 2 aromatic carbocycles. The Morgan fingerprint density at radius 2 is 1.79 bits per heavy atom. The largest absolute Gasteiger partial charge is 0.508 e. The van der Waals surface area contributed by atoms with Gasteiger partial charge in [0.2, 0.25) is 6.29 Å². The van der Waals surface area contributed by atoms with E-state index in [2.05, 4.69) is 0 Å². The summed E-state index contributed by atoms with van der Waals surface area (Å²) >= 11 is 0. The maximum absolute atomic E-state index is 12.7. The Labute approximate surface area is 193 Å². The lowest BCUT2D eigenvalue weighted by molar-refractivity contribution is -0.272. The number of carbonyl (C=O) groups is 2. The molecular formula is C23H24O11. The molecule has 0 aromatic heterocycles. The number of phenolic OH excluding ortho intramolecular Hbond substituents is 2. The van der Waals surface area contributed by atoms with Crippen molar-refractivity contribution in [3.8, 4) is 23.0 Å². The monoisotopic (exact) mass is 476 g/mol. The van der Waals surface area contributed by atoms with Crippen LogP contribution in [-0.4, -0.2) is 74.6 Å². The number of phenols is 2. The van der Waals surface area contributed by atoms with Crippen molar-refractivity contribution in [2.75, 3.05) is 6.61 Å². The number of carbonyl (C=O) groups excluding carboxylic acids is 2. The second-order valence-electron chi connectivity index (χ2n) is 7.87. The minimum atomic E-state index is -1.79. The Morgan fingerprint density at radius 1 is 1.06 bits per heavy atom. The average molecular weight is 476 g/mol. The van der Waals surface area contributed by atoms with Gasteiger partial charge in [-0.05, 0) is 13.0 Å². The summed E-state index contributed by atoms with van der Waals surface area (Å²) in [7, 11) is 0. The molecule has 1 fully saturated rings. The Kier molecular flexibility index (Phi) is 6.62. The summed E-state index contributed by atoms with van der Waals surface area (Å²) in [5, 5.41) is 51.0. The summed E-state index contributed by atoms with van der Waals surface area (Å²) in [6.07, 6.45) is -9.49. The molecule has 0 spiro atoms. The van der Waals surface area contributed by atoms with Gasteiger partial charge in [-0.2, -0.15) is 0 Å². The molecule has 4 rings (SSSR count). The van der Waals surface area contributed by atoms with E-state index in [1.807, 2.05) is 0 Å². The zero-order chi connectivity index (χ0) is 24.6. The van der Waals surface area contributed by atoms with Crippen molar-refractivity contribution < 1.29 is 54.1 Å². The predicted octanol–water partition coefficient (Wildman–Crippen LogP) is 0.554. The van der Waals surface area contributed by atoms with Crippen LogP contribution in [0.25, 0.3) is 0 Å². The lowest BCUT2D eigenvalue weighted by Crippen LogP contribution is -2.61. The van der Waals surface area contributed by atoms with E-state index < -0.39 is 54.3 Å². The summed E-state index contributed by atoms with van der Waals surface area (Å²) in [6, 6.07) is 8.72. The SMILES string of the molecule is CCOC(=O)C1OC(Oc2cc(O)c3c(c2)O[C@H](c2ccccc2O)CC3=O)C(O)C(O)C1O. The van der Waals surface area contributed by atoms with Crippen LogP contribution in [-0.2, 0) is 14.3 Å². The Morgan fingerprint density at radius 3 is 2.50 bits per heavy atom. The topological polar surface area (TPSA) is 172 Å². The number of hydrogen-bond acceptors (Lipinski definition) is 11. The molecule has 2 aliphatic rings. The van der Waals surface area contributed by atoms with Crippen LogP contribution in [0.4, 0.5) is 0 Å². The van der Waals surface area contributed by atoms with Gasteiger partial charge in [0.05, 0.1) is 13.0 Å². The lowest BCUT2D eigenvalue weighted by atomic mass is 9.95. The van der Waals surface area contributed by atoms with E-state index in [0.717, 1.165) is 6.07 Å². The number of aromatic hydroxyl groups is 2. The number of hydrogen-bond donors (Lipinski definition) is 5. The fourth-order valence-electron chi connectivity index (χ4n) is 3.91. The third-order valence-electron chi connectivity index (χ3n) is 5.60. The van der Waals surface area contributed by atoms with Crippen molar-refractivity contribution in [1.29, 1.82) is 0 Å². The van der Waals surface area contributed by atoms with Gasteiger partial charge in [0, 0.05) is 17.7 Å². The number of rotatable bonds is 5. The van der Waals surface area contributed by atoms with E-state index in [1.54, 1.807) is 25.1 Å². The number of aliphatic hydroxyl groups excluding tert-OH is 3. The first-order valence-electron chi connectivity index (χ1n) is 10.6. The van der Waals surface area contributed by atoms with E-state index in [-0.39, 0.29) is 35.8 Å². The third kappa shape index (κ3) is 4.38. The molecule has 5 unspecified atom stereocenters. The number of para-hydroxylation sites is 1. The van der Waals surface area contributed by atoms with Gasteiger partial charge >= 0.3 is 5.97 Å². The zero-order valence-corrected chi connectivity index (χ0v) is 18.0. The molecule has 11 heteroatoms. The number of fused-ring (bicyclic) bond motifs is 1. The van der Waals surface area contributed by atoms with E-state index in [9.17, 15) is 35.1 Å². The summed E-state index contributed by atoms with van der Waals surface area (Å²) in [6.45, 7) is 1.55. The first kappa shape index (κ1) is 23.8. The quantitative estimate of drug-likeness (QED) is 0.382. The Bertz CT molecular complexity index is 1080. The van der Waals surface area contributed by atoms with Crippen LogP contribution in [0.5, 0.6) is 23.0 Å². The van der Waals surface area contributed by atoms with Crippen molar-refractivity contribution in [3.05, 3.63) is 47.5 Å². The van der Waals surface area contributed by atoms with Gasteiger partial charge in [-0.25, -0.2) is 4.79 Å². The van der Waals surface area contributed by atoms with Crippen molar-refractivity contribution in [2.45, 2.75) is 50.2 Å². The van der Waals surface area contributed by atoms with Crippen LogP contribution in [0.1, 0.15) is 35.4 Å². The van der Waals surface area contributed by atoms with Crippen molar-refractivity contribution >= 4 is 11.8 Å². The van der Waals surface area contributed by atoms with Gasteiger partial charge in [0.15, 0.2) is 11.9 Å². The molecule has 0 aliphatic carbocycles. The highest BCUT2D eigenvalue weighted by atomic mass is 16.7. The maximum atomic E-state index is 12.7. The summed E-state index contributed by atoms with van der Waals surface area (Å²) in [5.74, 6) is -2.04. The molecule has 0 amide bonds. The molecule has 2 heterocycles. The average Bonchev–Trinajstić information content (AvgIpc) is 2.79. The number of ether oxygens (including phenoxy) is 4. The van der Waals surface area contributed by atoms with Crippen LogP contribution in [0.15, 0.2) is 36.4 Å². The van der Waals surface area contributed by atoms with Gasteiger partial charge in [0.25, 0.3) is 0 Å². The van der Waals surface area contributed by atoms with Crippen LogP contribution < -0.4 is 9.47 Å². The second-order valence-corrected chi connectivity index (χ2v) is 7.87. The van der Waals surface area contributed by atoms with Gasteiger partial charge in [-0.3, -0.25) is 4.79 Å². The zero-order valence-electron chi connectivity index (χ0n) is 18.0. The number of ketones is 1. The fourth-order valence-corrected chi connectivity index (χ4v) is 3.91. The Balaban J connectivity index is 1.60. The van der Waals surface area contributed by atoms with Crippen LogP contribution in [0.3, 0.4) is 0 Å². The minimum Gasteiger partial charge on any atom is -0.508 e. The first-order valence-corrected chi connectivity index (χ1v) is 10.6. The van der Waals surface area contributed by atoms with Crippen LogP contribution in [0.2, 0.25) is 0 Å². The fraction of sp³-hybridized carbons (Fsp3) is 0.391. The molecule has 11 nitrogen and oxygen atoms in total. The van der Waals surface area contributed by atoms with Gasteiger partial charge in [-0.1, -0.05) is 18.2 Å². The molecule has 1 saturated heterocycles. The highest BCUT2D eigenvalue weighted by Crippen LogP contribution is 2.43. The smallest absolute Gasteiger partial charge is 0.338 e. The molecule has 34 heavy (non-hydrogen) atoms. The van der Waals surface area contributed by atoms with Crippen molar-refractivity contribution in [1.82, 2.24) is 0 Å². The molecule has 2 aliphatic heterocycles. The van der Waals surface area contributed by atoms with E-state index >= 15 is 0 Å². The molecule has 2 aromatic rings. The summed E-state index contributed by atoms with van der Waals surface area (Å²) < 4.78 is 21.5. The second kappa shape index (κ2) is 9.47. The van der Waals surface area contributed by atoms with Gasteiger partial charge in [-0.15, -0.1) is 0 Å². The molecule has 0 radical (unpaired) electrons.